The molecule has 4 N–H and O–H groups in total. The molecule has 1 saturated carbocycles. The zero-order valence-electron chi connectivity index (χ0n) is 16.9. The first-order chi connectivity index (χ1) is 13.4. The summed E-state index contributed by atoms with van der Waals surface area (Å²) < 4.78 is 0. The van der Waals surface area contributed by atoms with Crippen LogP contribution in [0, 0.1) is 5.92 Å². The van der Waals surface area contributed by atoms with Crippen LogP contribution in [0.4, 0.5) is 5.69 Å². The zero-order chi connectivity index (χ0) is 20.5. The van der Waals surface area contributed by atoms with E-state index in [0.717, 1.165) is 6.42 Å². The third-order valence-electron chi connectivity index (χ3n) is 5.38. The van der Waals surface area contributed by atoms with E-state index in [-0.39, 0.29) is 17.9 Å². The number of rotatable bonds is 9. The summed E-state index contributed by atoms with van der Waals surface area (Å²) in [6.45, 7) is 5.70. The molecule has 3 amide bonds. The van der Waals surface area contributed by atoms with E-state index < -0.39 is 5.91 Å². The molecule has 0 heterocycles. The lowest BCUT2D eigenvalue weighted by Gasteiger charge is -2.30. The molecular formula is C21H32N4O3. The molecule has 1 fully saturated rings. The molecule has 2 rings (SSSR count). The number of carbonyl (C=O) groups excluding carboxylic acids is 3. The van der Waals surface area contributed by atoms with Crippen LogP contribution in [-0.4, -0.2) is 48.3 Å². The molecule has 0 saturated heterocycles. The number of nitrogens with one attached hydrogen (secondary N) is 2. The van der Waals surface area contributed by atoms with Crippen molar-refractivity contribution in [3.63, 3.8) is 0 Å². The van der Waals surface area contributed by atoms with Crippen molar-refractivity contribution in [2.45, 2.75) is 52.0 Å². The maximum absolute atomic E-state index is 12.4. The van der Waals surface area contributed by atoms with Gasteiger partial charge in [-0.25, -0.2) is 0 Å². The highest BCUT2D eigenvalue weighted by molar-refractivity contribution is 5.94. The first kappa shape index (κ1) is 21.9. The molecular weight excluding hydrogens is 356 g/mol. The summed E-state index contributed by atoms with van der Waals surface area (Å²) in [6.07, 6.45) is 4.93. The first-order valence-electron chi connectivity index (χ1n) is 10.1. The minimum absolute atomic E-state index is 0.0306. The van der Waals surface area contributed by atoms with Crippen LogP contribution in [-0.2, 0) is 9.59 Å². The fourth-order valence-corrected chi connectivity index (χ4v) is 3.54. The van der Waals surface area contributed by atoms with Crippen LogP contribution in [0.1, 0.15) is 56.3 Å². The van der Waals surface area contributed by atoms with Gasteiger partial charge in [-0.15, -0.1) is 0 Å². The summed E-state index contributed by atoms with van der Waals surface area (Å²) in [6, 6.07) is 6.72. The molecule has 0 unspecified atom stereocenters. The molecule has 0 spiro atoms. The number of benzene rings is 1. The smallest absolute Gasteiger partial charge is 0.248 e. The fourth-order valence-electron chi connectivity index (χ4n) is 3.54. The van der Waals surface area contributed by atoms with E-state index in [1.165, 1.54) is 19.3 Å². The summed E-state index contributed by atoms with van der Waals surface area (Å²) in [7, 11) is 0. The number of carbonyl (C=O) groups is 3. The van der Waals surface area contributed by atoms with Gasteiger partial charge in [-0.3, -0.25) is 19.3 Å². The van der Waals surface area contributed by atoms with Crippen molar-refractivity contribution < 1.29 is 14.4 Å². The van der Waals surface area contributed by atoms with Gasteiger partial charge in [0, 0.05) is 30.3 Å². The Labute approximate surface area is 167 Å². The van der Waals surface area contributed by atoms with Crippen molar-refractivity contribution in [1.82, 2.24) is 10.2 Å². The van der Waals surface area contributed by atoms with Gasteiger partial charge >= 0.3 is 0 Å². The van der Waals surface area contributed by atoms with Crippen LogP contribution in [0.3, 0.4) is 0 Å². The van der Waals surface area contributed by atoms with Crippen LogP contribution >= 0.6 is 0 Å². The highest BCUT2D eigenvalue weighted by Crippen LogP contribution is 2.23. The Hall–Kier alpha value is -2.41. The number of hydrogen-bond acceptors (Lipinski definition) is 4. The largest absolute Gasteiger partial charge is 0.366 e. The van der Waals surface area contributed by atoms with E-state index in [1.807, 2.05) is 11.8 Å². The van der Waals surface area contributed by atoms with Crippen molar-refractivity contribution in [2.24, 2.45) is 11.7 Å². The van der Waals surface area contributed by atoms with E-state index in [9.17, 15) is 14.4 Å². The summed E-state index contributed by atoms with van der Waals surface area (Å²) in [5.74, 6) is -0.0773. The van der Waals surface area contributed by atoms with E-state index >= 15 is 0 Å². The van der Waals surface area contributed by atoms with Crippen LogP contribution in [0.5, 0.6) is 0 Å². The Morgan fingerprint density at radius 3 is 2.39 bits per heavy atom. The number of nitrogens with two attached hydrogens (primary N) is 1. The molecule has 1 aliphatic carbocycles. The van der Waals surface area contributed by atoms with Crippen LogP contribution < -0.4 is 16.4 Å². The second kappa shape index (κ2) is 10.8. The Morgan fingerprint density at radius 1 is 1.11 bits per heavy atom. The zero-order valence-corrected chi connectivity index (χ0v) is 16.9. The van der Waals surface area contributed by atoms with E-state index in [2.05, 4.69) is 17.6 Å². The number of nitrogens with zero attached hydrogens (tertiary/aromatic N) is 1. The Bertz CT molecular complexity index is 675. The third-order valence-corrected chi connectivity index (χ3v) is 5.38. The number of amides is 3. The topological polar surface area (TPSA) is 105 Å². The maximum Gasteiger partial charge on any atom is 0.248 e. The summed E-state index contributed by atoms with van der Waals surface area (Å²) in [4.78, 5) is 37.6. The fraction of sp³-hybridized carbons (Fsp3) is 0.571. The number of primary amides is 1. The van der Waals surface area contributed by atoms with Crippen molar-refractivity contribution in [3.05, 3.63) is 29.8 Å². The Morgan fingerprint density at radius 2 is 1.79 bits per heavy atom. The third kappa shape index (κ3) is 6.96. The molecule has 0 aliphatic heterocycles. The Kier molecular flexibility index (Phi) is 8.44. The van der Waals surface area contributed by atoms with E-state index in [4.69, 9.17) is 5.73 Å². The number of likely N-dealkylation sites (N-methyl/N-ethyl adjacent to an activating group) is 1. The van der Waals surface area contributed by atoms with Crippen molar-refractivity contribution >= 4 is 23.4 Å². The SMILES string of the molecule is CCN(CCC(=O)Nc1ccc(C(N)=O)cc1)CC(=O)N[C@H]1CCCC[C@H]1C. The van der Waals surface area contributed by atoms with Gasteiger partial charge in [0.05, 0.1) is 6.54 Å². The van der Waals surface area contributed by atoms with Crippen LogP contribution in [0.25, 0.3) is 0 Å². The molecule has 0 aromatic heterocycles. The standard InChI is InChI=1S/C21H32N4O3/c1-3-25(14-20(27)24-18-7-5-4-6-15(18)2)13-12-19(26)23-17-10-8-16(9-11-17)21(22)28/h8-11,15,18H,3-7,12-14H2,1-2H3,(H2,22,28)(H,23,26)(H,24,27)/t15-,18+/m1/s1. The average Bonchev–Trinajstić information content (AvgIpc) is 2.67. The lowest BCUT2D eigenvalue weighted by Crippen LogP contribution is -2.46. The van der Waals surface area contributed by atoms with Gasteiger partial charge in [0.2, 0.25) is 17.7 Å². The average molecular weight is 389 g/mol. The molecule has 0 radical (unpaired) electrons. The maximum atomic E-state index is 12.4. The van der Waals surface area contributed by atoms with Gasteiger partial charge in [0.15, 0.2) is 0 Å². The molecule has 2 atom stereocenters. The lowest BCUT2D eigenvalue weighted by molar-refractivity contribution is -0.124. The monoisotopic (exact) mass is 388 g/mol. The highest BCUT2D eigenvalue weighted by atomic mass is 16.2. The lowest BCUT2D eigenvalue weighted by atomic mass is 9.86. The summed E-state index contributed by atoms with van der Waals surface area (Å²) in [5, 5.41) is 5.95. The normalized spacial score (nSPS) is 19.2. The van der Waals surface area contributed by atoms with Crippen molar-refractivity contribution in [1.29, 1.82) is 0 Å². The summed E-state index contributed by atoms with van der Waals surface area (Å²) in [5.41, 5.74) is 6.21. The summed E-state index contributed by atoms with van der Waals surface area (Å²) >= 11 is 0. The quantitative estimate of drug-likeness (QED) is 0.603. The van der Waals surface area contributed by atoms with Crippen LogP contribution in [0.2, 0.25) is 0 Å². The second-order valence-electron chi connectivity index (χ2n) is 7.54. The predicted molar refractivity (Wildman–Crippen MR) is 110 cm³/mol. The van der Waals surface area contributed by atoms with Gasteiger partial charge in [0.25, 0.3) is 0 Å². The molecule has 7 nitrogen and oxygen atoms in total. The van der Waals surface area contributed by atoms with E-state index in [0.29, 0.717) is 43.2 Å². The number of hydrogen-bond donors (Lipinski definition) is 3. The molecule has 1 aromatic carbocycles. The second-order valence-corrected chi connectivity index (χ2v) is 7.54. The highest BCUT2D eigenvalue weighted by Gasteiger charge is 2.23. The molecule has 1 aliphatic rings. The van der Waals surface area contributed by atoms with Crippen molar-refractivity contribution in [3.8, 4) is 0 Å². The molecule has 0 bridgehead atoms. The molecule has 28 heavy (non-hydrogen) atoms. The van der Waals surface area contributed by atoms with Gasteiger partial charge in [-0.1, -0.05) is 26.7 Å². The predicted octanol–water partition coefficient (Wildman–Crippen LogP) is 2.13. The minimum Gasteiger partial charge on any atom is -0.366 e. The number of anilines is 1. The molecule has 154 valence electrons. The van der Waals surface area contributed by atoms with Crippen LogP contribution in [0.15, 0.2) is 24.3 Å². The van der Waals surface area contributed by atoms with Crippen molar-refractivity contribution in [2.75, 3.05) is 25.0 Å². The molecule has 7 heteroatoms. The van der Waals surface area contributed by atoms with Gasteiger partial charge in [-0.05, 0) is 49.6 Å². The minimum atomic E-state index is -0.502. The first-order valence-corrected chi connectivity index (χ1v) is 10.1. The molecule has 1 aromatic rings. The van der Waals surface area contributed by atoms with Gasteiger partial charge < -0.3 is 16.4 Å². The Balaban J connectivity index is 1.75. The van der Waals surface area contributed by atoms with Gasteiger partial charge in [0.1, 0.15) is 0 Å². The van der Waals surface area contributed by atoms with Gasteiger partial charge in [-0.2, -0.15) is 0 Å². The van der Waals surface area contributed by atoms with E-state index in [1.54, 1.807) is 24.3 Å².